The highest BCUT2D eigenvalue weighted by Crippen LogP contribution is 2.29. The third kappa shape index (κ3) is 4.55. The number of ether oxygens (including phenoxy) is 1. The highest BCUT2D eigenvalue weighted by molar-refractivity contribution is 5.94. The molecular weight excluding hydrogens is 392 g/mol. The van der Waals surface area contributed by atoms with E-state index in [0.29, 0.717) is 17.6 Å². The summed E-state index contributed by atoms with van der Waals surface area (Å²) in [5, 5.41) is 4.89. The van der Waals surface area contributed by atoms with Crippen molar-refractivity contribution >= 4 is 22.5 Å². The summed E-state index contributed by atoms with van der Waals surface area (Å²) in [7, 11) is 0. The maximum atomic E-state index is 12.9. The largest absolute Gasteiger partial charge is 0.379 e. The van der Waals surface area contributed by atoms with Gasteiger partial charge in [-0.3, -0.25) is 24.6 Å². The van der Waals surface area contributed by atoms with Crippen LogP contribution in [-0.4, -0.2) is 63.1 Å². The molecule has 1 saturated heterocycles. The van der Waals surface area contributed by atoms with Crippen LogP contribution in [0.25, 0.3) is 22.2 Å². The molecular formula is C23H26N6O2. The maximum absolute atomic E-state index is 12.9. The zero-order valence-electron chi connectivity index (χ0n) is 17.4. The minimum atomic E-state index is 0.0439. The standard InChI is InChI=1S/C23H26N6O2/c30-23(16-1-3-19(4-2-16)29-7-9-31-10-8-29)28-22-12-17-11-20(21-15-24-5-6-25-21)26-13-18(17)14-27-22/h5-6,11-16,19H,1-4,7-10H2,(H,27,28,30). The Morgan fingerprint density at radius 2 is 1.71 bits per heavy atom. The van der Waals surface area contributed by atoms with Gasteiger partial charge in [0.2, 0.25) is 5.91 Å². The SMILES string of the molecule is O=C(Nc1cc2cc(-c3cnccn3)ncc2cn1)C1CCC(N2CCOCC2)CC1. The number of carbonyl (C=O) groups is 1. The summed E-state index contributed by atoms with van der Waals surface area (Å²) in [6.07, 6.45) is 12.4. The number of fused-ring (bicyclic) bond motifs is 1. The molecule has 4 heterocycles. The van der Waals surface area contributed by atoms with Crippen LogP contribution in [0.4, 0.5) is 5.82 Å². The van der Waals surface area contributed by atoms with Crippen molar-refractivity contribution in [2.45, 2.75) is 31.7 Å². The van der Waals surface area contributed by atoms with Crippen LogP contribution in [0.15, 0.2) is 43.1 Å². The number of nitrogens with one attached hydrogen (secondary N) is 1. The van der Waals surface area contributed by atoms with E-state index in [1.807, 2.05) is 12.1 Å². The molecule has 2 aliphatic rings. The third-order valence-electron chi connectivity index (χ3n) is 6.31. The molecule has 0 spiro atoms. The van der Waals surface area contributed by atoms with Crippen molar-refractivity contribution in [2.75, 3.05) is 31.6 Å². The van der Waals surface area contributed by atoms with E-state index in [-0.39, 0.29) is 11.8 Å². The maximum Gasteiger partial charge on any atom is 0.228 e. The predicted molar refractivity (Wildman–Crippen MR) is 117 cm³/mol. The molecule has 0 bridgehead atoms. The summed E-state index contributed by atoms with van der Waals surface area (Å²) in [6.45, 7) is 3.66. The summed E-state index contributed by atoms with van der Waals surface area (Å²) in [5.74, 6) is 0.682. The molecule has 31 heavy (non-hydrogen) atoms. The zero-order chi connectivity index (χ0) is 21.0. The second kappa shape index (κ2) is 9.03. The molecule has 1 aliphatic heterocycles. The molecule has 1 saturated carbocycles. The van der Waals surface area contributed by atoms with Crippen LogP contribution < -0.4 is 5.32 Å². The average Bonchev–Trinajstić information content (AvgIpc) is 2.85. The van der Waals surface area contributed by atoms with Gasteiger partial charge in [0.1, 0.15) is 11.5 Å². The summed E-state index contributed by atoms with van der Waals surface area (Å²) in [4.78, 5) is 32.6. The number of carbonyl (C=O) groups excluding carboxylic acids is 1. The van der Waals surface area contributed by atoms with E-state index in [4.69, 9.17) is 4.74 Å². The second-order valence-electron chi connectivity index (χ2n) is 8.22. The molecule has 8 heteroatoms. The Labute approximate surface area is 181 Å². The monoisotopic (exact) mass is 418 g/mol. The smallest absolute Gasteiger partial charge is 0.228 e. The molecule has 8 nitrogen and oxygen atoms in total. The molecule has 160 valence electrons. The lowest BCUT2D eigenvalue weighted by Gasteiger charge is -2.38. The van der Waals surface area contributed by atoms with E-state index < -0.39 is 0 Å². The average molecular weight is 419 g/mol. The van der Waals surface area contributed by atoms with Crippen molar-refractivity contribution < 1.29 is 9.53 Å². The zero-order valence-corrected chi connectivity index (χ0v) is 17.4. The Kier molecular flexibility index (Phi) is 5.82. The minimum Gasteiger partial charge on any atom is -0.379 e. The number of pyridine rings is 2. The normalized spacial score (nSPS) is 22.3. The van der Waals surface area contributed by atoms with Gasteiger partial charge in [-0.05, 0) is 43.2 Å². The third-order valence-corrected chi connectivity index (χ3v) is 6.31. The van der Waals surface area contributed by atoms with E-state index in [1.165, 1.54) is 0 Å². The molecule has 0 atom stereocenters. The van der Waals surface area contributed by atoms with E-state index in [9.17, 15) is 4.79 Å². The van der Waals surface area contributed by atoms with Crippen molar-refractivity contribution in [2.24, 2.45) is 5.92 Å². The van der Waals surface area contributed by atoms with Crippen molar-refractivity contribution in [1.82, 2.24) is 24.8 Å². The minimum absolute atomic E-state index is 0.0439. The number of amides is 1. The first kappa shape index (κ1) is 20.0. The van der Waals surface area contributed by atoms with Crippen LogP contribution in [0.5, 0.6) is 0 Å². The Balaban J connectivity index is 1.24. The fourth-order valence-electron chi connectivity index (χ4n) is 4.55. The quantitative estimate of drug-likeness (QED) is 0.696. The van der Waals surface area contributed by atoms with E-state index in [0.717, 1.165) is 68.5 Å². The molecule has 1 N–H and O–H groups in total. The summed E-state index contributed by atoms with van der Waals surface area (Å²) in [6, 6.07) is 4.43. The molecule has 3 aromatic heterocycles. The number of aromatic nitrogens is 4. The van der Waals surface area contributed by atoms with Gasteiger partial charge < -0.3 is 10.1 Å². The number of nitrogens with zero attached hydrogens (tertiary/aromatic N) is 5. The Hall–Kier alpha value is -2.97. The van der Waals surface area contributed by atoms with Gasteiger partial charge in [0, 0.05) is 55.2 Å². The first-order valence-electron chi connectivity index (χ1n) is 10.9. The van der Waals surface area contributed by atoms with Gasteiger partial charge in [-0.15, -0.1) is 0 Å². The molecule has 3 aromatic rings. The lowest BCUT2D eigenvalue weighted by Crippen LogP contribution is -2.45. The fraction of sp³-hybridized carbons (Fsp3) is 0.435. The first-order chi connectivity index (χ1) is 15.3. The molecule has 0 radical (unpaired) electrons. The van der Waals surface area contributed by atoms with Crippen LogP contribution in [0.2, 0.25) is 0 Å². The van der Waals surface area contributed by atoms with E-state index in [2.05, 4.69) is 30.2 Å². The molecule has 1 amide bonds. The van der Waals surface area contributed by atoms with Gasteiger partial charge in [-0.2, -0.15) is 0 Å². The van der Waals surface area contributed by atoms with E-state index in [1.54, 1.807) is 31.0 Å². The Morgan fingerprint density at radius 1 is 0.903 bits per heavy atom. The lowest BCUT2D eigenvalue weighted by molar-refractivity contribution is -0.121. The highest BCUT2D eigenvalue weighted by atomic mass is 16.5. The van der Waals surface area contributed by atoms with Gasteiger partial charge in [-0.25, -0.2) is 4.98 Å². The molecule has 2 fully saturated rings. The lowest BCUT2D eigenvalue weighted by atomic mass is 9.84. The Bertz CT molecular complexity index is 1050. The van der Waals surface area contributed by atoms with Gasteiger partial charge in [0.05, 0.1) is 25.1 Å². The van der Waals surface area contributed by atoms with Gasteiger partial charge >= 0.3 is 0 Å². The summed E-state index contributed by atoms with van der Waals surface area (Å²) >= 11 is 0. The van der Waals surface area contributed by atoms with Crippen molar-refractivity contribution in [3.8, 4) is 11.4 Å². The van der Waals surface area contributed by atoms with Crippen LogP contribution in [-0.2, 0) is 9.53 Å². The highest BCUT2D eigenvalue weighted by Gasteiger charge is 2.30. The topological polar surface area (TPSA) is 93.1 Å². The van der Waals surface area contributed by atoms with Gasteiger partial charge in [0.15, 0.2) is 0 Å². The van der Waals surface area contributed by atoms with Crippen LogP contribution in [0.1, 0.15) is 25.7 Å². The fourth-order valence-corrected chi connectivity index (χ4v) is 4.55. The number of rotatable bonds is 4. The molecule has 1 aliphatic carbocycles. The number of hydrogen-bond acceptors (Lipinski definition) is 7. The molecule has 0 unspecified atom stereocenters. The molecule has 0 aromatic carbocycles. The number of morpholine rings is 1. The number of anilines is 1. The summed E-state index contributed by atoms with van der Waals surface area (Å²) < 4.78 is 5.46. The first-order valence-corrected chi connectivity index (χ1v) is 10.9. The van der Waals surface area contributed by atoms with Gasteiger partial charge in [0.25, 0.3) is 0 Å². The predicted octanol–water partition coefficient (Wildman–Crippen LogP) is 2.92. The summed E-state index contributed by atoms with van der Waals surface area (Å²) in [5.41, 5.74) is 1.45. The van der Waals surface area contributed by atoms with Crippen LogP contribution >= 0.6 is 0 Å². The van der Waals surface area contributed by atoms with E-state index >= 15 is 0 Å². The van der Waals surface area contributed by atoms with Crippen LogP contribution in [0, 0.1) is 5.92 Å². The van der Waals surface area contributed by atoms with Crippen molar-refractivity contribution in [1.29, 1.82) is 0 Å². The molecule has 5 rings (SSSR count). The Morgan fingerprint density at radius 3 is 2.48 bits per heavy atom. The van der Waals surface area contributed by atoms with Crippen LogP contribution in [0.3, 0.4) is 0 Å². The van der Waals surface area contributed by atoms with Crippen molar-refractivity contribution in [3.63, 3.8) is 0 Å². The van der Waals surface area contributed by atoms with Crippen molar-refractivity contribution in [3.05, 3.63) is 43.1 Å². The van der Waals surface area contributed by atoms with Gasteiger partial charge in [-0.1, -0.05) is 0 Å². The number of hydrogen-bond donors (Lipinski definition) is 1. The second-order valence-corrected chi connectivity index (χ2v) is 8.22.